The molecule has 3 heteroatoms. The molecule has 1 unspecified atom stereocenters. The molecule has 0 aromatic heterocycles. The molecule has 0 fully saturated rings. The molecule has 0 aliphatic heterocycles. The summed E-state index contributed by atoms with van der Waals surface area (Å²) < 4.78 is 0. The number of primary amides is 1. The predicted octanol–water partition coefficient (Wildman–Crippen LogP) is 0.365. The van der Waals surface area contributed by atoms with Gasteiger partial charge in [0.2, 0.25) is 12.2 Å². The minimum Gasteiger partial charge on any atom is -0.369 e. The average Bonchev–Trinajstić information content (AvgIpc) is 2.07. The van der Waals surface area contributed by atoms with Gasteiger partial charge in [-0.05, 0) is 5.56 Å². The van der Waals surface area contributed by atoms with Crippen molar-refractivity contribution in [1.29, 1.82) is 0 Å². The van der Waals surface area contributed by atoms with Crippen LogP contribution >= 0.6 is 0 Å². The summed E-state index contributed by atoms with van der Waals surface area (Å²) in [6.45, 7) is 0. The van der Waals surface area contributed by atoms with Crippen molar-refractivity contribution in [1.82, 2.24) is 0 Å². The van der Waals surface area contributed by atoms with Crippen LogP contribution in [0.4, 0.5) is 0 Å². The van der Waals surface area contributed by atoms with Crippen LogP contribution in [0.15, 0.2) is 30.3 Å². The third kappa shape index (κ3) is 1.69. The summed E-state index contributed by atoms with van der Waals surface area (Å²) >= 11 is 0. The Morgan fingerprint density at radius 1 is 1.33 bits per heavy atom. The van der Waals surface area contributed by atoms with E-state index < -0.39 is 11.8 Å². The van der Waals surface area contributed by atoms with Crippen LogP contribution in [0.3, 0.4) is 0 Å². The fourth-order valence-electron chi connectivity index (χ4n) is 0.936. The van der Waals surface area contributed by atoms with Gasteiger partial charge in [0.25, 0.3) is 0 Å². The van der Waals surface area contributed by atoms with Crippen LogP contribution in [0.25, 0.3) is 0 Å². The Morgan fingerprint density at radius 2 is 1.92 bits per heavy atom. The number of hydrogen-bond donors (Lipinski definition) is 1. The zero-order chi connectivity index (χ0) is 8.97. The summed E-state index contributed by atoms with van der Waals surface area (Å²) in [6, 6.07) is 8.61. The molecule has 0 heterocycles. The maximum Gasteiger partial charge on any atom is 0.232 e. The van der Waals surface area contributed by atoms with Crippen LogP contribution in [0.2, 0.25) is 0 Å². The molecule has 1 atom stereocenters. The Morgan fingerprint density at radius 3 is 2.33 bits per heavy atom. The van der Waals surface area contributed by atoms with Gasteiger partial charge in [0.05, 0.1) is 0 Å². The van der Waals surface area contributed by atoms with E-state index in [1.165, 1.54) is 0 Å². The number of carbonyl (C=O) groups excluding carboxylic acids is 2. The summed E-state index contributed by atoms with van der Waals surface area (Å²) in [7, 11) is 0. The van der Waals surface area contributed by atoms with E-state index in [0.29, 0.717) is 5.56 Å². The molecule has 0 aliphatic carbocycles. The highest BCUT2D eigenvalue weighted by Crippen LogP contribution is 2.11. The molecule has 0 saturated carbocycles. The Labute approximate surface area is 70.2 Å². The smallest absolute Gasteiger partial charge is 0.232 e. The van der Waals surface area contributed by atoms with Crippen molar-refractivity contribution >= 4 is 12.2 Å². The van der Waals surface area contributed by atoms with Gasteiger partial charge in [-0.25, -0.2) is 0 Å². The molecule has 1 aromatic rings. The first-order chi connectivity index (χ1) is 5.75. The maximum absolute atomic E-state index is 10.7. The fourth-order valence-corrected chi connectivity index (χ4v) is 0.936. The average molecular weight is 162 g/mol. The molecule has 0 saturated heterocycles. The molecule has 12 heavy (non-hydrogen) atoms. The standard InChI is InChI=1S/C9H8NO2/c10-9(12)8(6-11)7-4-2-1-3-5-7/h1-5,8H,(H2,10,12). The molecule has 1 amide bonds. The van der Waals surface area contributed by atoms with Gasteiger partial charge >= 0.3 is 0 Å². The molecule has 2 N–H and O–H groups in total. The molecular formula is C9H8NO2. The van der Waals surface area contributed by atoms with E-state index in [9.17, 15) is 9.59 Å². The molecule has 0 bridgehead atoms. The first-order valence-electron chi connectivity index (χ1n) is 3.47. The quantitative estimate of drug-likeness (QED) is 0.652. The van der Waals surface area contributed by atoms with Crippen LogP contribution in [-0.2, 0) is 9.59 Å². The van der Waals surface area contributed by atoms with Gasteiger partial charge in [-0.1, -0.05) is 30.3 Å². The molecule has 61 valence electrons. The third-order valence-electron chi connectivity index (χ3n) is 1.54. The van der Waals surface area contributed by atoms with Crippen molar-refractivity contribution in [2.75, 3.05) is 0 Å². The second-order valence-electron chi connectivity index (χ2n) is 2.36. The second kappa shape index (κ2) is 3.67. The van der Waals surface area contributed by atoms with Crippen molar-refractivity contribution in [2.45, 2.75) is 5.92 Å². The second-order valence-corrected chi connectivity index (χ2v) is 2.36. The first kappa shape index (κ1) is 8.46. The van der Waals surface area contributed by atoms with Gasteiger partial charge in [-0.15, -0.1) is 0 Å². The molecule has 1 aromatic carbocycles. The molecule has 1 rings (SSSR count). The largest absolute Gasteiger partial charge is 0.369 e. The van der Waals surface area contributed by atoms with Gasteiger partial charge in [-0.2, -0.15) is 0 Å². The molecule has 0 aliphatic rings. The number of hydrogen-bond acceptors (Lipinski definition) is 2. The van der Waals surface area contributed by atoms with Crippen molar-refractivity contribution < 1.29 is 9.59 Å². The zero-order valence-corrected chi connectivity index (χ0v) is 6.36. The highest BCUT2D eigenvalue weighted by Gasteiger charge is 2.16. The Balaban J connectivity index is 2.95. The van der Waals surface area contributed by atoms with Gasteiger partial charge in [0.15, 0.2) is 0 Å². The van der Waals surface area contributed by atoms with Crippen LogP contribution < -0.4 is 5.73 Å². The highest BCUT2D eigenvalue weighted by molar-refractivity contribution is 5.96. The van der Waals surface area contributed by atoms with Gasteiger partial charge in [0, 0.05) is 0 Å². The van der Waals surface area contributed by atoms with E-state index in [4.69, 9.17) is 5.73 Å². The zero-order valence-electron chi connectivity index (χ0n) is 6.36. The molecule has 3 nitrogen and oxygen atoms in total. The number of nitrogens with two attached hydrogens (primary N) is 1. The van der Waals surface area contributed by atoms with E-state index in [2.05, 4.69) is 0 Å². The lowest BCUT2D eigenvalue weighted by Gasteiger charge is -2.03. The summed E-state index contributed by atoms with van der Waals surface area (Å²) in [5.41, 5.74) is 5.56. The lowest BCUT2D eigenvalue weighted by Crippen LogP contribution is -2.22. The van der Waals surface area contributed by atoms with Crippen LogP contribution in [0.1, 0.15) is 11.5 Å². The monoisotopic (exact) mass is 162 g/mol. The van der Waals surface area contributed by atoms with Crippen molar-refractivity contribution in [3.63, 3.8) is 0 Å². The summed E-state index contributed by atoms with van der Waals surface area (Å²) in [5, 5.41) is 0. The van der Waals surface area contributed by atoms with Crippen LogP contribution in [-0.4, -0.2) is 12.2 Å². The van der Waals surface area contributed by atoms with Gasteiger partial charge < -0.3 is 5.73 Å². The van der Waals surface area contributed by atoms with Crippen molar-refractivity contribution in [3.8, 4) is 0 Å². The number of carbonyl (C=O) groups is 1. The van der Waals surface area contributed by atoms with Crippen LogP contribution in [0, 0.1) is 0 Å². The predicted molar refractivity (Wildman–Crippen MR) is 44.1 cm³/mol. The Hall–Kier alpha value is -1.64. The number of amides is 1. The number of rotatable bonds is 3. The minimum atomic E-state index is -0.939. The Bertz CT molecular complexity index is 282. The normalized spacial score (nSPS) is 12.0. The van der Waals surface area contributed by atoms with E-state index in [-0.39, 0.29) is 0 Å². The molecular weight excluding hydrogens is 154 g/mol. The van der Waals surface area contributed by atoms with Crippen LogP contribution in [0.5, 0.6) is 0 Å². The maximum atomic E-state index is 10.7. The van der Waals surface area contributed by atoms with E-state index in [1.54, 1.807) is 36.6 Å². The van der Waals surface area contributed by atoms with Gasteiger partial charge in [0.1, 0.15) is 5.92 Å². The van der Waals surface area contributed by atoms with E-state index in [0.717, 1.165) is 0 Å². The number of benzene rings is 1. The minimum absolute atomic E-state index is 0.583. The van der Waals surface area contributed by atoms with Gasteiger partial charge in [-0.3, -0.25) is 9.59 Å². The fraction of sp³-hybridized carbons (Fsp3) is 0.111. The van der Waals surface area contributed by atoms with E-state index >= 15 is 0 Å². The Kier molecular flexibility index (Phi) is 2.58. The van der Waals surface area contributed by atoms with Crippen molar-refractivity contribution in [2.24, 2.45) is 5.73 Å². The molecule has 0 spiro atoms. The summed E-state index contributed by atoms with van der Waals surface area (Å²) in [5.74, 6) is -1.61. The topological polar surface area (TPSA) is 60.2 Å². The van der Waals surface area contributed by atoms with Crippen molar-refractivity contribution in [3.05, 3.63) is 35.9 Å². The van der Waals surface area contributed by atoms with E-state index in [1.807, 2.05) is 0 Å². The summed E-state index contributed by atoms with van der Waals surface area (Å²) in [4.78, 5) is 21.0. The highest BCUT2D eigenvalue weighted by atomic mass is 16.2. The summed E-state index contributed by atoms with van der Waals surface area (Å²) in [6.07, 6.45) is 1.59. The molecule has 1 radical (unpaired) electrons. The SMILES string of the molecule is NC(=O)C([C]=O)c1ccccc1. The lowest BCUT2D eigenvalue weighted by atomic mass is 10.0. The first-order valence-corrected chi connectivity index (χ1v) is 3.47. The third-order valence-corrected chi connectivity index (χ3v) is 1.54. The lowest BCUT2D eigenvalue weighted by molar-refractivity contribution is -0.118.